The van der Waals surface area contributed by atoms with Gasteiger partial charge in [0.15, 0.2) is 0 Å². The second-order valence-electron chi connectivity index (χ2n) is 4.17. The zero-order valence-corrected chi connectivity index (χ0v) is 10.8. The molecule has 0 spiro atoms. The number of amides is 1. The molecule has 5 heteroatoms. The van der Waals surface area contributed by atoms with E-state index in [0.29, 0.717) is 23.1 Å². The topological polar surface area (TPSA) is 40.5 Å². The number of likely N-dealkylation sites (tertiary alicyclic amines) is 1. The van der Waals surface area contributed by atoms with Crippen LogP contribution in [0.25, 0.3) is 0 Å². The van der Waals surface area contributed by atoms with Gasteiger partial charge < -0.3 is 10.0 Å². The van der Waals surface area contributed by atoms with E-state index in [2.05, 4.69) is 15.9 Å². The summed E-state index contributed by atoms with van der Waals surface area (Å²) in [6.07, 6.45) is 1.08. The van der Waals surface area contributed by atoms with Crippen molar-refractivity contribution >= 4 is 21.8 Å². The molecule has 1 N–H and O–H groups in total. The highest BCUT2D eigenvalue weighted by molar-refractivity contribution is 9.10. The van der Waals surface area contributed by atoms with Gasteiger partial charge in [0.05, 0.1) is 11.7 Å². The summed E-state index contributed by atoms with van der Waals surface area (Å²) in [6.45, 7) is 0.988. The second-order valence-corrected chi connectivity index (χ2v) is 5.03. The number of halogens is 2. The lowest BCUT2D eigenvalue weighted by atomic mass is 10.1. The summed E-state index contributed by atoms with van der Waals surface area (Å²) in [5.41, 5.74) is 0.431. The predicted molar refractivity (Wildman–Crippen MR) is 65.2 cm³/mol. The zero-order chi connectivity index (χ0) is 12.4. The Morgan fingerprint density at radius 1 is 1.53 bits per heavy atom. The maximum Gasteiger partial charge on any atom is 0.255 e. The number of β-amino-alcohol motifs (C(OH)–C–C–N with tert-alkyl or cyclic N) is 1. The average molecular weight is 302 g/mol. The number of hydrogen-bond donors (Lipinski definition) is 1. The van der Waals surface area contributed by atoms with Gasteiger partial charge in [0.2, 0.25) is 0 Å². The van der Waals surface area contributed by atoms with Crippen LogP contribution in [0.5, 0.6) is 0 Å². The van der Waals surface area contributed by atoms with E-state index in [0.717, 1.165) is 12.8 Å². The van der Waals surface area contributed by atoms with Crippen molar-refractivity contribution < 1.29 is 14.3 Å². The van der Waals surface area contributed by atoms with E-state index >= 15 is 0 Å². The SMILES string of the molecule is O=C(c1ccc(F)cc1Br)N1CCC[C@H](O)C1. The molecule has 1 amide bonds. The van der Waals surface area contributed by atoms with Crippen LogP contribution in [0.15, 0.2) is 22.7 Å². The standard InChI is InChI=1S/C12H13BrFNO2/c13-11-6-8(14)3-4-10(11)12(17)15-5-1-2-9(16)7-15/h3-4,6,9,16H,1-2,5,7H2/t9-/m0/s1. The molecule has 2 rings (SSSR count). The summed E-state index contributed by atoms with van der Waals surface area (Å²) < 4.78 is 13.4. The number of aliphatic hydroxyl groups excluding tert-OH is 1. The fourth-order valence-corrected chi connectivity index (χ4v) is 2.49. The number of hydrogen-bond acceptors (Lipinski definition) is 2. The largest absolute Gasteiger partial charge is 0.391 e. The van der Waals surface area contributed by atoms with Crippen LogP contribution in [-0.2, 0) is 0 Å². The number of nitrogens with zero attached hydrogens (tertiary/aromatic N) is 1. The first-order valence-electron chi connectivity index (χ1n) is 5.50. The van der Waals surface area contributed by atoms with Crippen LogP contribution in [-0.4, -0.2) is 35.1 Å². The third kappa shape index (κ3) is 2.84. The molecule has 92 valence electrons. The smallest absolute Gasteiger partial charge is 0.255 e. The zero-order valence-electron chi connectivity index (χ0n) is 9.20. The highest BCUT2D eigenvalue weighted by Gasteiger charge is 2.24. The fourth-order valence-electron chi connectivity index (χ4n) is 1.97. The van der Waals surface area contributed by atoms with Crippen LogP contribution >= 0.6 is 15.9 Å². The molecular weight excluding hydrogens is 289 g/mol. The molecule has 1 aromatic carbocycles. The average Bonchev–Trinajstić information content (AvgIpc) is 2.28. The number of carbonyl (C=O) groups excluding carboxylic acids is 1. The monoisotopic (exact) mass is 301 g/mol. The molecule has 1 aromatic rings. The number of aliphatic hydroxyl groups is 1. The van der Waals surface area contributed by atoms with Crippen LogP contribution in [0, 0.1) is 5.82 Å². The van der Waals surface area contributed by atoms with E-state index in [9.17, 15) is 14.3 Å². The molecule has 0 bridgehead atoms. The molecule has 1 fully saturated rings. The molecule has 1 heterocycles. The minimum absolute atomic E-state index is 0.171. The summed E-state index contributed by atoms with van der Waals surface area (Å²) in [6, 6.07) is 3.99. The van der Waals surface area contributed by atoms with E-state index in [1.807, 2.05) is 0 Å². The maximum atomic E-state index is 12.9. The Kier molecular flexibility index (Phi) is 3.79. The van der Waals surface area contributed by atoms with Gasteiger partial charge >= 0.3 is 0 Å². The molecule has 1 saturated heterocycles. The van der Waals surface area contributed by atoms with Gasteiger partial charge in [-0.3, -0.25) is 4.79 Å². The Hall–Kier alpha value is -0.940. The van der Waals surface area contributed by atoms with E-state index in [1.54, 1.807) is 4.90 Å². The van der Waals surface area contributed by atoms with Crippen molar-refractivity contribution in [3.8, 4) is 0 Å². The lowest BCUT2D eigenvalue weighted by Crippen LogP contribution is -2.42. The Morgan fingerprint density at radius 2 is 2.29 bits per heavy atom. The molecule has 17 heavy (non-hydrogen) atoms. The van der Waals surface area contributed by atoms with Crippen molar-refractivity contribution in [3.05, 3.63) is 34.1 Å². The van der Waals surface area contributed by atoms with Gasteiger partial charge in [-0.15, -0.1) is 0 Å². The van der Waals surface area contributed by atoms with Crippen molar-refractivity contribution in [1.29, 1.82) is 0 Å². The van der Waals surface area contributed by atoms with Gasteiger partial charge in [-0.2, -0.15) is 0 Å². The first-order chi connectivity index (χ1) is 8.08. The maximum absolute atomic E-state index is 12.9. The number of piperidine rings is 1. The van der Waals surface area contributed by atoms with Gasteiger partial charge in [0.25, 0.3) is 5.91 Å². The molecule has 1 aliphatic rings. The van der Waals surface area contributed by atoms with Crippen LogP contribution in [0.4, 0.5) is 4.39 Å². The third-order valence-corrected chi connectivity index (χ3v) is 3.50. The first kappa shape index (κ1) is 12.5. The van der Waals surface area contributed by atoms with Crippen molar-refractivity contribution in [1.82, 2.24) is 4.90 Å². The Balaban J connectivity index is 2.18. The normalized spacial score (nSPS) is 20.4. The molecule has 1 aliphatic heterocycles. The van der Waals surface area contributed by atoms with Crippen LogP contribution in [0.3, 0.4) is 0 Å². The van der Waals surface area contributed by atoms with Crippen molar-refractivity contribution in [2.24, 2.45) is 0 Å². The van der Waals surface area contributed by atoms with Gasteiger partial charge in [0, 0.05) is 17.6 Å². The number of benzene rings is 1. The van der Waals surface area contributed by atoms with Crippen molar-refractivity contribution in [2.45, 2.75) is 18.9 Å². The molecule has 0 unspecified atom stereocenters. The highest BCUT2D eigenvalue weighted by Crippen LogP contribution is 2.21. The number of carbonyl (C=O) groups is 1. The minimum Gasteiger partial charge on any atom is -0.391 e. The molecule has 0 radical (unpaired) electrons. The Bertz CT molecular complexity index is 439. The van der Waals surface area contributed by atoms with Crippen LogP contribution < -0.4 is 0 Å². The van der Waals surface area contributed by atoms with Crippen molar-refractivity contribution in [3.63, 3.8) is 0 Å². The summed E-state index contributed by atoms with van der Waals surface area (Å²) in [4.78, 5) is 13.7. The lowest BCUT2D eigenvalue weighted by molar-refractivity contribution is 0.0473. The minimum atomic E-state index is -0.452. The molecule has 0 saturated carbocycles. The Morgan fingerprint density at radius 3 is 2.94 bits per heavy atom. The van der Waals surface area contributed by atoms with Gasteiger partial charge in [-0.25, -0.2) is 4.39 Å². The van der Waals surface area contributed by atoms with Gasteiger partial charge in [0.1, 0.15) is 5.82 Å². The predicted octanol–water partition coefficient (Wildman–Crippen LogP) is 2.19. The molecular formula is C12H13BrFNO2. The molecule has 1 atom stereocenters. The van der Waals surface area contributed by atoms with Crippen LogP contribution in [0.2, 0.25) is 0 Å². The summed E-state index contributed by atoms with van der Waals surface area (Å²) in [5, 5.41) is 9.52. The van der Waals surface area contributed by atoms with Crippen LogP contribution in [0.1, 0.15) is 23.2 Å². The third-order valence-electron chi connectivity index (χ3n) is 2.85. The second kappa shape index (κ2) is 5.14. The summed E-state index contributed by atoms with van der Waals surface area (Å²) in [7, 11) is 0. The van der Waals surface area contributed by atoms with Gasteiger partial charge in [-0.1, -0.05) is 0 Å². The molecule has 3 nitrogen and oxygen atoms in total. The molecule has 0 aliphatic carbocycles. The number of rotatable bonds is 1. The molecule has 0 aromatic heterocycles. The highest BCUT2D eigenvalue weighted by atomic mass is 79.9. The van der Waals surface area contributed by atoms with Crippen molar-refractivity contribution in [2.75, 3.05) is 13.1 Å². The fraction of sp³-hybridized carbons (Fsp3) is 0.417. The lowest BCUT2D eigenvalue weighted by Gasteiger charge is -2.30. The first-order valence-corrected chi connectivity index (χ1v) is 6.29. The van der Waals surface area contributed by atoms with E-state index in [1.165, 1.54) is 18.2 Å². The summed E-state index contributed by atoms with van der Waals surface area (Å²) in [5.74, 6) is -0.553. The quantitative estimate of drug-likeness (QED) is 0.864. The van der Waals surface area contributed by atoms with E-state index < -0.39 is 6.10 Å². The summed E-state index contributed by atoms with van der Waals surface area (Å²) >= 11 is 3.18. The Labute approximate surface area is 107 Å². The van der Waals surface area contributed by atoms with E-state index in [4.69, 9.17) is 0 Å². The van der Waals surface area contributed by atoms with E-state index in [-0.39, 0.29) is 11.7 Å². The van der Waals surface area contributed by atoms with Gasteiger partial charge in [-0.05, 0) is 47.0 Å².